The number of ether oxygens (including phenoxy) is 2. The molecule has 0 unspecified atom stereocenters. The molecule has 2 aromatic rings. The van der Waals surface area contributed by atoms with Gasteiger partial charge in [0.2, 0.25) is 5.91 Å². The molecule has 3 N–H and O–H groups in total. The maximum absolute atomic E-state index is 11.5. The molecule has 5 nitrogen and oxygen atoms in total. The van der Waals surface area contributed by atoms with Crippen LogP contribution in [0.15, 0.2) is 36.4 Å². The zero-order valence-electron chi connectivity index (χ0n) is 13.8. The van der Waals surface area contributed by atoms with Gasteiger partial charge in [0.1, 0.15) is 11.5 Å². The third-order valence-corrected chi connectivity index (χ3v) is 3.79. The summed E-state index contributed by atoms with van der Waals surface area (Å²) < 4.78 is 10.6. The predicted molar refractivity (Wildman–Crippen MR) is 91.3 cm³/mol. The van der Waals surface area contributed by atoms with Crippen molar-refractivity contribution < 1.29 is 14.3 Å². The molecule has 0 heterocycles. The van der Waals surface area contributed by atoms with Gasteiger partial charge in [0, 0.05) is 22.9 Å². The van der Waals surface area contributed by atoms with Crippen LogP contribution in [0, 0.1) is 6.92 Å². The van der Waals surface area contributed by atoms with Crippen molar-refractivity contribution in [3.8, 4) is 11.5 Å². The lowest BCUT2D eigenvalue weighted by Crippen LogP contribution is -2.14. The smallest absolute Gasteiger partial charge is 0.249 e. The molecule has 122 valence electrons. The lowest BCUT2D eigenvalue weighted by atomic mass is 10.0. The molecule has 0 spiro atoms. The Hall–Kier alpha value is -2.69. The molecule has 0 aliphatic rings. The van der Waals surface area contributed by atoms with Gasteiger partial charge in [-0.3, -0.25) is 4.79 Å². The van der Waals surface area contributed by atoms with E-state index in [4.69, 9.17) is 15.2 Å². The normalized spacial score (nSPS) is 11.7. The highest BCUT2D eigenvalue weighted by molar-refractivity contribution is 5.95. The quantitative estimate of drug-likeness (QED) is 0.858. The van der Waals surface area contributed by atoms with E-state index < -0.39 is 5.91 Å². The van der Waals surface area contributed by atoms with Crippen molar-refractivity contribution >= 4 is 11.6 Å². The van der Waals surface area contributed by atoms with Gasteiger partial charge in [-0.15, -0.1) is 0 Å². The molecule has 0 saturated carbocycles. The number of anilines is 1. The first kappa shape index (κ1) is 16.7. The van der Waals surface area contributed by atoms with Gasteiger partial charge in [0.05, 0.1) is 20.3 Å². The molecule has 0 radical (unpaired) electrons. The monoisotopic (exact) mass is 314 g/mol. The van der Waals surface area contributed by atoms with Crippen molar-refractivity contribution in [3.05, 3.63) is 53.1 Å². The maximum Gasteiger partial charge on any atom is 0.249 e. The van der Waals surface area contributed by atoms with Crippen molar-refractivity contribution in [1.82, 2.24) is 0 Å². The molecule has 0 aliphatic heterocycles. The summed E-state index contributed by atoms with van der Waals surface area (Å²) in [4.78, 5) is 11.5. The Balaban J connectivity index is 2.27. The third kappa shape index (κ3) is 3.74. The van der Waals surface area contributed by atoms with Crippen molar-refractivity contribution in [2.45, 2.75) is 19.9 Å². The number of methoxy groups -OCH3 is 2. The predicted octanol–water partition coefficient (Wildman–Crippen LogP) is 3.28. The molecular weight excluding hydrogens is 292 g/mol. The zero-order valence-corrected chi connectivity index (χ0v) is 13.8. The van der Waals surface area contributed by atoms with Crippen molar-refractivity contribution in [2.75, 3.05) is 19.5 Å². The number of aryl methyl sites for hydroxylation is 1. The summed E-state index contributed by atoms with van der Waals surface area (Å²) in [6, 6.07) is 11.2. The summed E-state index contributed by atoms with van der Waals surface area (Å²) >= 11 is 0. The van der Waals surface area contributed by atoms with Crippen molar-refractivity contribution in [1.29, 1.82) is 0 Å². The van der Waals surface area contributed by atoms with Gasteiger partial charge in [-0.2, -0.15) is 0 Å². The van der Waals surface area contributed by atoms with E-state index in [1.54, 1.807) is 20.3 Å². The van der Waals surface area contributed by atoms with E-state index in [2.05, 4.69) is 5.32 Å². The second-order valence-corrected chi connectivity index (χ2v) is 5.37. The molecule has 0 bridgehead atoms. The Labute approximate surface area is 136 Å². The Morgan fingerprint density at radius 1 is 1.13 bits per heavy atom. The van der Waals surface area contributed by atoms with Crippen LogP contribution in [0.4, 0.5) is 5.69 Å². The van der Waals surface area contributed by atoms with Crippen LogP contribution >= 0.6 is 0 Å². The van der Waals surface area contributed by atoms with Gasteiger partial charge in [-0.25, -0.2) is 0 Å². The molecule has 0 fully saturated rings. The topological polar surface area (TPSA) is 73.6 Å². The molecule has 23 heavy (non-hydrogen) atoms. The summed E-state index contributed by atoms with van der Waals surface area (Å²) in [5.41, 5.74) is 8.60. The fraction of sp³-hybridized carbons (Fsp3) is 0.278. The molecular formula is C18H22N2O3. The second kappa shape index (κ2) is 7.05. The SMILES string of the molecule is COc1ccc([C@@H](C)Nc2ccc(C)c(C(N)=O)c2)c(OC)c1. The summed E-state index contributed by atoms with van der Waals surface area (Å²) in [6.07, 6.45) is 0. The largest absolute Gasteiger partial charge is 0.497 e. The van der Waals surface area contributed by atoms with Crippen LogP contribution in [0.3, 0.4) is 0 Å². The summed E-state index contributed by atoms with van der Waals surface area (Å²) in [5.74, 6) is 1.05. The number of primary amides is 1. The van der Waals surface area contributed by atoms with E-state index in [9.17, 15) is 4.79 Å². The van der Waals surface area contributed by atoms with Gasteiger partial charge in [0.15, 0.2) is 0 Å². The number of nitrogens with one attached hydrogen (secondary N) is 1. The van der Waals surface area contributed by atoms with Crippen LogP contribution in [0.25, 0.3) is 0 Å². The Morgan fingerprint density at radius 2 is 1.87 bits per heavy atom. The lowest BCUT2D eigenvalue weighted by molar-refractivity contribution is 0.0999. The van der Waals surface area contributed by atoms with E-state index in [0.29, 0.717) is 5.56 Å². The van der Waals surface area contributed by atoms with Crippen molar-refractivity contribution in [2.24, 2.45) is 5.73 Å². The average molecular weight is 314 g/mol. The lowest BCUT2D eigenvalue weighted by Gasteiger charge is -2.19. The molecule has 0 aromatic heterocycles. The first-order valence-corrected chi connectivity index (χ1v) is 7.35. The van der Waals surface area contributed by atoms with Crippen LogP contribution < -0.4 is 20.5 Å². The third-order valence-electron chi connectivity index (χ3n) is 3.79. The number of amides is 1. The minimum Gasteiger partial charge on any atom is -0.497 e. The Bertz CT molecular complexity index is 713. The minimum absolute atomic E-state index is 0.0145. The molecule has 1 atom stereocenters. The minimum atomic E-state index is -0.430. The molecule has 5 heteroatoms. The van der Waals surface area contributed by atoms with Gasteiger partial charge in [-0.1, -0.05) is 6.07 Å². The van der Waals surface area contributed by atoms with E-state index in [1.807, 2.05) is 44.2 Å². The molecule has 0 aliphatic carbocycles. The van der Waals surface area contributed by atoms with Crippen LogP contribution in [0.1, 0.15) is 34.5 Å². The fourth-order valence-electron chi connectivity index (χ4n) is 2.48. The summed E-state index contributed by atoms with van der Waals surface area (Å²) in [5, 5.41) is 3.36. The fourth-order valence-corrected chi connectivity index (χ4v) is 2.48. The van der Waals surface area contributed by atoms with Crippen molar-refractivity contribution in [3.63, 3.8) is 0 Å². The number of rotatable bonds is 6. The highest BCUT2D eigenvalue weighted by Gasteiger charge is 2.14. The average Bonchev–Trinajstić information content (AvgIpc) is 2.55. The number of hydrogen-bond donors (Lipinski definition) is 2. The van der Waals surface area contributed by atoms with Crippen LogP contribution in [0.5, 0.6) is 11.5 Å². The maximum atomic E-state index is 11.5. The first-order valence-electron chi connectivity index (χ1n) is 7.35. The van der Waals surface area contributed by atoms with E-state index in [-0.39, 0.29) is 6.04 Å². The van der Waals surface area contributed by atoms with E-state index in [1.165, 1.54) is 0 Å². The molecule has 2 aromatic carbocycles. The van der Waals surface area contributed by atoms with E-state index >= 15 is 0 Å². The van der Waals surface area contributed by atoms with Crippen LogP contribution in [-0.4, -0.2) is 20.1 Å². The van der Waals surface area contributed by atoms with Gasteiger partial charge >= 0.3 is 0 Å². The number of benzene rings is 2. The Kier molecular flexibility index (Phi) is 5.11. The van der Waals surface area contributed by atoms with Gasteiger partial charge in [-0.05, 0) is 43.7 Å². The summed E-state index contributed by atoms with van der Waals surface area (Å²) in [7, 11) is 3.25. The standard InChI is InChI=1S/C18H22N2O3/c1-11-5-6-13(9-16(11)18(19)21)20-12(2)15-8-7-14(22-3)10-17(15)23-4/h5-10,12,20H,1-4H3,(H2,19,21)/t12-/m1/s1. The first-order chi connectivity index (χ1) is 11.0. The van der Waals surface area contributed by atoms with Gasteiger partial charge in [0.25, 0.3) is 0 Å². The number of carbonyl (C=O) groups is 1. The molecule has 1 amide bonds. The van der Waals surface area contributed by atoms with Crippen LogP contribution in [-0.2, 0) is 0 Å². The number of nitrogens with two attached hydrogens (primary N) is 1. The summed E-state index contributed by atoms with van der Waals surface area (Å²) in [6.45, 7) is 3.88. The number of carbonyl (C=O) groups excluding carboxylic acids is 1. The van der Waals surface area contributed by atoms with Crippen LogP contribution in [0.2, 0.25) is 0 Å². The zero-order chi connectivity index (χ0) is 17.0. The Morgan fingerprint density at radius 3 is 2.48 bits per heavy atom. The number of hydrogen-bond acceptors (Lipinski definition) is 4. The molecule has 0 saturated heterocycles. The second-order valence-electron chi connectivity index (χ2n) is 5.37. The van der Waals surface area contributed by atoms with E-state index in [0.717, 1.165) is 28.3 Å². The van der Waals surface area contributed by atoms with Gasteiger partial charge < -0.3 is 20.5 Å². The molecule has 2 rings (SSSR count). The highest BCUT2D eigenvalue weighted by Crippen LogP contribution is 2.31. The highest BCUT2D eigenvalue weighted by atomic mass is 16.5.